The molecule has 1 aliphatic carbocycles. The Hall–Kier alpha value is -2.56. The summed E-state index contributed by atoms with van der Waals surface area (Å²) in [6, 6.07) is 10.2. The third kappa shape index (κ3) is 4.95. The first-order chi connectivity index (χ1) is 12.2. The summed E-state index contributed by atoms with van der Waals surface area (Å²) in [6.07, 6.45) is 8.81. The van der Waals surface area contributed by atoms with Crippen molar-refractivity contribution < 1.29 is 9.53 Å². The number of rotatable bonds is 7. The lowest BCUT2D eigenvalue weighted by molar-refractivity contribution is 0.0937. The first kappa shape index (κ1) is 17.3. The van der Waals surface area contributed by atoms with Crippen molar-refractivity contribution in [1.82, 2.24) is 10.3 Å². The fourth-order valence-corrected chi connectivity index (χ4v) is 3.18. The Morgan fingerprint density at radius 3 is 2.88 bits per heavy atom. The number of hydrogen-bond donors (Lipinski definition) is 2. The molecule has 0 unspecified atom stereocenters. The lowest BCUT2D eigenvalue weighted by Crippen LogP contribution is -2.32. The van der Waals surface area contributed by atoms with Gasteiger partial charge in [-0.25, -0.2) is 0 Å². The van der Waals surface area contributed by atoms with Crippen LogP contribution in [0.4, 0.5) is 5.69 Å². The van der Waals surface area contributed by atoms with Gasteiger partial charge in [0.15, 0.2) is 0 Å². The van der Waals surface area contributed by atoms with E-state index in [2.05, 4.69) is 21.7 Å². The highest BCUT2D eigenvalue weighted by Gasteiger charge is 2.18. The highest BCUT2D eigenvalue weighted by atomic mass is 16.5. The van der Waals surface area contributed by atoms with Gasteiger partial charge in [0.1, 0.15) is 5.75 Å². The predicted molar refractivity (Wildman–Crippen MR) is 99.1 cm³/mol. The molecule has 5 nitrogen and oxygen atoms in total. The van der Waals surface area contributed by atoms with Gasteiger partial charge in [-0.3, -0.25) is 9.78 Å². The van der Waals surface area contributed by atoms with Crippen molar-refractivity contribution in [3.63, 3.8) is 0 Å². The molecule has 132 valence electrons. The Balaban J connectivity index is 1.53. The second-order valence-electron chi connectivity index (χ2n) is 6.45. The third-order valence-corrected chi connectivity index (χ3v) is 4.57. The van der Waals surface area contributed by atoms with E-state index in [1.54, 1.807) is 19.5 Å². The Morgan fingerprint density at radius 2 is 2.08 bits per heavy atom. The molecule has 1 aromatic carbocycles. The summed E-state index contributed by atoms with van der Waals surface area (Å²) in [5.74, 6) is 0.834. The van der Waals surface area contributed by atoms with Crippen molar-refractivity contribution in [1.29, 1.82) is 0 Å². The van der Waals surface area contributed by atoms with E-state index in [-0.39, 0.29) is 5.91 Å². The fourth-order valence-electron chi connectivity index (χ4n) is 3.18. The normalized spacial score (nSPS) is 14.3. The summed E-state index contributed by atoms with van der Waals surface area (Å²) in [5, 5.41) is 6.43. The fraction of sp³-hybridized carbons (Fsp3) is 0.400. The highest BCUT2D eigenvalue weighted by Crippen LogP contribution is 2.18. The van der Waals surface area contributed by atoms with Crippen LogP contribution in [0.5, 0.6) is 5.75 Å². The molecule has 3 rings (SSSR count). The van der Waals surface area contributed by atoms with Crippen molar-refractivity contribution in [2.24, 2.45) is 0 Å². The second-order valence-corrected chi connectivity index (χ2v) is 6.45. The number of carbonyl (C=O) groups excluding carboxylic acids is 1. The number of aromatic nitrogens is 1. The third-order valence-electron chi connectivity index (χ3n) is 4.57. The van der Waals surface area contributed by atoms with Gasteiger partial charge in [-0.05, 0) is 43.0 Å². The SMILES string of the molecule is COc1cccc(CCNc2cncc(C(=O)NC3CCCC3)c2)c1. The summed E-state index contributed by atoms with van der Waals surface area (Å²) in [7, 11) is 1.67. The van der Waals surface area contributed by atoms with Gasteiger partial charge in [-0.15, -0.1) is 0 Å². The smallest absolute Gasteiger partial charge is 0.253 e. The van der Waals surface area contributed by atoms with Gasteiger partial charge < -0.3 is 15.4 Å². The largest absolute Gasteiger partial charge is 0.497 e. The molecule has 2 aromatic rings. The lowest BCUT2D eigenvalue weighted by Gasteiger charge is -2.12. The minimum absolute atomic E-state index is 0.0316. The zero-order chi connectivity index (χ0) is 17.5. The van der Waals surface area contributed by atoms with Gasteiger partial charge in [-0.1, -0.05) is 25.0 Å². The van der Waals surface area contributed by atoms with Gasteiger partial charge >= 0.3 is 0 Å². The first-order valence-corrected chi connectivity index (χ1v) is 8.87. The van der Waals surface area contributed by atoms with Gasteiger partial charge in [0.25, 0.3) is 5.91 Å². The van der Waals surface area contributed by atoms with Crippen molar-refractivity contribution in [3.8, 4) is 5.75 Å². The minimum Gasteiger partial charge on any atom is -0.497 e. The van der Waals surface area contributed by atoms with E-state index in [0.717, 1.165) is 37.2 Å². The molecule has 1 aromatic heterocycles. The van der Waals surface area contributed by atoms with Gasteiger partial charge in [0.05, 0.1) is 18.4 Å². The standard InChI is InChI=1S/C20H25N3O2/c1-25-19-8-4-5-15(11-19)9-10-22-18-12-16(13-21-14-18)20(24)23-17-6-2-3-7-17/h4-5,8,11-14,17,22H,2-3,6-7,9-10H2,1H3,(H,23,24). The topological polar surface area (TPSA) is 63.2 Å². The monoisotopic (exact) mass is 339 g/mol. The Morgan fingerprint density at radius 1 is 1.24 bits per heavy atom. The predicted octanol–water partition coefficient (Wildman–Crippen LogP) is 3.42. The molecule has 0 atom stereocenters. The number of ether oxygens (including phenoxy) is 1. The molecule has 25 heavy (non-hydrogen) atoms. The molecule has 0 bridgehead atoms. The van der Waals surface area contributed by atoms with Crippen LogP contribution < -0.4 is 15.4 Å². The summed E-state index contributed by atoms with van der Waals surface area (Å²) in [5.41, 5.74) is 2.68. The average Bonchev–Trinajstić information content (AvgIpc) is 3.15. The maximum atomic E-state index is 12.3. The average molecular weight is 339 g/mol. The van der Waals surface area contributed by atoms with Crippen molar-refractivity contribution in [3.05, 3.63) is 53.9 Å². The molecule has 1 fully saturated rings. The molecule has 0 radical (unpaired) electrons. The molecular formula is C20H25N3O2. The van der Waals surface area contributed by atoms with E-state index >= 15 is 0 Å². The van der Waals surface area contributed by atoms with Crippen molar-refractivity contribution in [2.75, 3.05) is 19.0 Å². The van der Waals surface area contributed by atoms with Crippen LogP contribution in [0.25, 0.3) is 0 Å². The second kappa shape index (κ2) is 8.51. The zero-order valence-corrected chi connectivity index (χ0v) is 14.6. The van der Waals surface area contributed by atoms with Crippen LogP contribution in [-0.4, -0.2) is 30.6 Å². The number of anilines is 1. The Bertz CT molecular complexity index is 712. The number of benzene rings is 1. The highest BCUT2D eigenvalue weighted by molar-refractivity contribution is 5.94. The number of nitrogens with zero attached hydrogens (tertiary/aromatic N) is 1. The lowest BCUT2D eigenvalue weighted by atomic mass is 10.1. The number of methoxy groups -OCH3 is 1. The summed E-state index contributed by atoms with van der Waals surface area (Å²) in [4.78, 5) is 16.5. The molecule has 0 saturated heterocycles. The molecule has 0 aliphatic heterocycles. The van der Waals surface area contributed by atoms with Crippen LogP contribution in [0.15, 0.2) is 42.7 Å². The minimum atomic E-state index is -0.0316. The number of nitrogens with one attached hydrogen (secondary N) is 2. The van der Waals surface area contributed by atoms with Crippen LogP contribution in [0.2, 0.25) is 0 Å². The summed E-state index contributed by atoms with van der Waals surface area (Å²) < 4.78 is 5.24. The van der Waals surface area contributed by atoms with E-state index < -0.39 is 0 Å². The van der Waals surface area contributed by atoms with E-state index in [1.807, 2.05) is 24.3 Å². The summed E-state index contributed by atoms with van der Waals surface area (Å²) in [6.45, 7) is 0.766. The van der Waals surface area contributed by atoms with Gasteiger partial charge in [0, 0.05) is 25.0 Å². The van der Waals surface area contributed by atoms with Crippen LogP contribution in [-0.2, 0) is 6.42 Å². The quantitative estimate of drug-likeness (QED) is 0.811. The number of hydrogen-bond acceptors (Lipinski definition) is 4. The van der Waals surface area contributed by atoms with Crippen LogP contribution in [0.3, 0.4) is 0 Å². The maximum absolute atomic E-state index is 12.3. The molecule has 0 spiro atoms. The molecule has 1 aliphatic rings. The number of pyridine rings is 1. The van der Waals surface area contributed by atoms with Crippen LogP contribution >= 0.6 is 0 Å². The van der Waals surface area contributed by atoms with Crippen molar-refractivity contribution >= 4 is 11.6 Å². The molecular weight excluding hydrogens is 314 g/mol. The number of carbonyl (C=O) groups is 1. The Kier molecular flexibility index (Phi) is 5.88. The van der Waals surface area contributed by atoms with E-state index in [1.165, 1.54) is 18.4 Å². The van der Waals surface area contributed by atoms with Crippen LogP contribution in [0.1, 0.15) is 41.6 Å². The van der Waals surface area contributed by atoms with Crippen LogP contribution in [0, 0.1) is 0 Å². The molecule has 1 heterocycles. The first-order valence-electron chi connectivity index (χ1n) is 8.87. The Labute approximate surface area is 148 Å². The number of amides is 1. The molecule has 2 N–H and O–H groups in total. The van der Waals surface area contributed by atoms with E-state index in [0.29, 0.717) is 11.6 Å². The van der Waals surface area contributed by atoms with Gasteiger partial charge in [-0.2, -0.15) is 0 Å². The molecule has 1 amide bonds. The van der Waals surface area contributed by atoms with Gasteiger partial charge in [0.2, 0.25) is 0 Å². The van der Waals surface area contributed by atoms with E-state index in [4.69, 9.17) is 4.74 Å². The zero-order valence-electron chi connectivity index (χ0n) is 14.6. The van der Waals surface area contributed by atoms with E-state index in [9.17, 15) is 4.79 Å². The maximum Gasteiger partial charge on any atom is 0.253 e. The molecule has 1 saturated carbocycles. The molecule has 5 heteroatoms. The summed E-state index contributed by atoms with van der Waals surface area (Å²) >= 11 is 0. The van der Waals surface area contributed by atoms with Crippen molar-refractivity contribution in [2.45, 2.75) is 38.1 Å².